The van der Waals surface area contributed by atoms with Crippen LogP contribution >= 0.6 is 12.2 Å². The molecule has 2 aliphatic rings. The lowest BCUT2D eigenvalue weighted by molar-refractivity contribution is 0.122. The Morgan fingerprint density at radius 3 is 2.46 bits per heavy atom. The maximum absolute atomic E-state index is 5.49. The molecule has 156 valence electrons. The molecule has 2 unspecified atom stereocenters. The fourth-order valence-electron chi connectivity index (χ4n) is 3.86. The van der Waals surface area contributed by atoms with E-state index >= 15 is 0 Å². The van der Waals surface area contributed by atoms with E-state index in [1.54, 1.807) is 7.11 Å². The van der Waals surface area contributed by atoms with Crippen molar-refractivity contribution in [2.75, 3.05) is 74.8 Å². The van der Waals surface area contributed by atoms with Gasteiger partial charge in [-0.15, -0.1) is 0 Å². The number of nitrogens with one attached hydrogen (secondary N) is 2. The van der Waals surface area contributed by atoms with Crippen molar-refractivity contribution < 1.29 is 9.47 Å². The standard InChI is InChI=1S/C19H32N6O2S/c1-14-10-15(2)13-25(12-14)17-11-16(24-5-8-27-9-6-24)21-18(22-17)23-19(28)20-4-7-26-3/h11,14-15H,4-10,12-13H2,1-3H3,(H2,20,21,22,23,28). The molecule has 3 heterocycles. The third-order valence-electron chi connectivity index (χ3n) is 5.04. The Balaban J connectivity index is 1.80. The van der Waals surface area contributed by atoms with Crippen LogP contribution in [0, 0.1) is 11.8 Å². The first-order valence-corrected chi connectivity index (χ1v) is 10.5. The number of nitrogens with zero attached hydrogens (tertiary/aromatic N) is 4. The first-order chi connectivity index (χ1) is 13.5. The van der Waals surface area contributed by atoms with Crippen molar-refractivity contribution >= 4 is 34.9 Å². The summed E-state index contributed by atoms with van der Waals surface area (Å²) in [4.78, 5) is 14.1. The predicted octanol–water partition coefficient (Wildman–Crippen LogP) is 1.73. The molecule has 0 saturated carbocycles. The molecule has 0 amide bonds. The van der Waals surface area contributed by atoms with Crippen LogP contribution in [0.3, 0.4) is 0 Å². The minimum atomic E-state index is 0.502. The molecule has 2 N–H and O–H groups in total. The number of ether oxygens (including phenoxy) is 2. The topological polar surface area (TPSA) is 74.8 Å². The molecule has 2 fully saturated rings. The zero-order valence-electron chi connectivity index (χ0n) is 17.1. The predicted molar refractivity (Wildman–Crippen MR) is 116 cm³/mol. The molecule has 9 heteroatoms. The third kappa shape index (κ3) is 5.89. The smallest absolute Gasteiger partial charge is 0.232 e. The molecule has 3 rings (SSSR count). The van der Waals surface area contributed by atoms with Gasteiger partial charge in [-0.1, -0.05) is 13.8 Å². The molecule has 8 nitrogen and oxygen atoms in total. The van der Waals surface area contributed by atoms with Crippen LogP contribution in [0.1, 0.15) is 20.3 Å². The maximum atomic E-state index is 5.49. The lowest BCUT2D eigenvalue weighted by Gasteiger charge is -2.36. The maximum Gasteiger partial charge on any atom is 0.232 e. The van der Waals surface area contributed by atoms with Crippen LogP contribution in [0.25, 0.3) is 0 Å². The molecule has 0 aromatic carbocycles. The van der Waals surface area contributed by atoms with Gasteiger partial charge in [0, 0.05) is 45.9 Å². The van der Waals surface area contributed by atoms with Gasteiger partial charge in [0.1, 0.15) is 11.6 Å². The quantitative estimate of drug-likeness (QED) is 0.541. The summed E-state index contributed by atoms with van der Waals surface area (Å²) in [6.07, 6.45) is 1.26. The van der Waals surface area contributed by atoms with Crippen LogP contribution in [0.2, 0.25) is 0 Å². The fraction of sp³-hybridized carbons (Fsp3) is 0.737. The average molecular weight is 409 g/mol. The third-order valence-corrected chi connectivity index (χ3v) is 5.29. The Morgan fingerprint density at radius 2 is 1.82 bits per heavy atom. The number of hydrogen-bond acceptors (Lipinski definition) is 7. The molecule has 2 atom stereocenters. The minimum Gasteiger partial charge on any atom is -0.383 e. The van der Waals surface area contributed by atoms with E-state index in [4.69, 9.17) is 31.7 Å². The Bertz CT molecular complexity index is 645. The van der Waals surface area contributed by atoms with Crippen LogP contribution < -0.4 is 20.4 Å². The number of methoxy groups -OCH3 is 1. The van der Waals surface area contributed by atoms with E-state index in [0.29, 0.717) is 36.0 Å². The molecule has 0 radical (unpaired) electrons. The molecule has 2 aliphatic heterocycles. The van der Waals surface area contributed by atoms with E-state index in [9.17, 15) is 0 Å². The van der Waals surface area contributed by atoms with Crippen molar-refractivity contribution in [3.8, 4) is 0 Å². The van der Waals surface area contributed by atoms with Crippen molar-refractivity contribution in [3.05, 3.63) is 6.07 Å². The monoisotopic (exact) mass is 408 g/mol. The number of rotatable bonds is 6. The van der Waals surface area contributed by atoms with E-state index in [2.05, 4.69) is 40.3 Å². The summed E-state index contributed by atoms with van der Waals surface area (Å²) in [7, 11) is 1.67. The second-order valence-corrected chi connectivity index (χ2v) is 8.14. The lowest BCUT2D eigenvalue weighted by Crippen LogP contribution is -2.40. The summed E-state index contributed by atoms with van der Waals surface area (Å²) in [5.41, 5.74) is 0. The molecule has 1 aromatic rings. The molecule has 2 saturated heterocycles. The van der Waals surface area contributed by atoms with Crippen LogP contribution in [-0.4, -0.2) is 74.7 Å². The van der Waals surface area contributed by atoms with Gasteiger partial charge in [-0.3, -0.25) is 0 Å². The Labute approximate surface area is 173 Å². The zero-order chi connectivity index (χ0) is 19.9. The fourth-order valence-corrected chi connectivity index (χ4v) is 4.05. The van der Waals surface area contributed by atoms with Gasteiger partial charge in [0.05, 0.1) is 19.8 Å². The molecule has 0 spiro atoms. The molecule has 1 aromatic heterocycles. The Morgan fingerprint density at radius 1 is 1.18 bits per heavy atom. The highest BCUT2D eigenvalue weighted by Crippen LogP contribution is 2.28. The van der Waals surface area contributed by atoms with E-state index in [1.807, 2.05) is 0 Å². The molecule has 0 bridgehead atoms. The van der Waals surface area contributed by atoms with Crippen molar-refractivity contribution in [2.24, 2.45) is 11.8 Å². The lowest BCUT2D eigenvalue weighted by atomic mass is 9.92. The van der Waals surface area contributed by atoms with Crippen LogP contribution in [0.5, 0.6) is 0 Å². The summed E-state index contributed by atoms with van der Waals surface area (Å²) in [6, 6.07) is 2.10. The molecule has 0 aliphatic carbocycles. The summed E-state index contributed by atoms with van der Waals surface area (Å²) >= 11 is 5.38. The first-order valence-electron chi connectivity index (χ1n) is 10.1. The van der Waals surface area contributed by atoms with Crippen molar-refractivity contribution in [1.82, 2.24) is 15.3 Å². The highest BCUT2D eigenvalue weighted by atomic mass is 32.1. The molecular weight excluding hydrogens is 376 g/mol. The Kier molecular flexibility index (Phi) is 7.64. The second-order valence-electron chi connectivity index (χ2n) is 7.73. The normalized spacial score (nSPS) is 22.8. The van der Waals surface area contributed by atoms with Gasteiger partial charge < -0.3 is 29.9 Å². The summed E-state index contributed by atoms with van der Waals surface area (Å²) in [6.45, 7) is 11.0. The number of hydrogen-bond donors (Lipinski definition) is 2. The molecular formula is C19H32N6O2S. The summed E-state index contributed by atoms with van der Waals surface area (Å²) in [5.74, 6) is 3.70. The highest BCUT2D eigenvalue weighted by Gasteiger charge is 2.25. The number of aromatic nitrogens is 2. The molecule has 28 heavy (non-hydrogen) atoms. The summed E-state index contributed by atoms with van der Waals surface area (Å²) < 4.78 is 10.5. The first kappa shape index (κ1) is 21.0. The largest absolute Gasteiger partial charge is 0.383 e. The van der Waals surface area contributed by atoms with E-state index < -0.39 is 0 Å². The van der Waals surface area contributed by atoms with Gasteiger partial charge in [-0.05, 0) is 30.5 Å². The van der Waals surface area contributed by atoms with Gasteiger partial charge >= 0.3 is 0 Å². The highest BCUT2D eigenvalue weighted by molar-refractivity contribution is 7.80. The van der Waals surface area contributed by atoms with E-state index in [1.165, 1.54) is 6.42 Å². The van der Waals surface area contributed by atoms with E-state index in [0.717, 1.165) is 51.0 Å². The van der Waals surface area contributed by atoms with Crippen molar-refractivity contribution in [3.63, 3.8) is 0 Å². The van der Waals surface area contributed by atoms with Crippen LogP contribution in [0.4, 0.5) is 17.6 Å². The average Bonchev–Trinajstić information content (AvgIpc) is 2.68. The second kappa shape index (κ2) is 10.2. The van der Waals surface area contributed by atoms with Gasteiger partial charge in [-0.2, -0.15) is 9.97 Å². The SMILES string of the molecule is COCCNC(=S)Nc1nc(N2CCOCC2)cc(N2CC(C)CC(C)C2)n1. The van der Waals surface area contributed by atoms with Gasteiger partial charge in [0.15, 0.2) is 5.11 Å². The minimum absolute atomic E-state index is 0.502. The van der Waals surface area contributed by atoms with Gasteiger partial charge in [0.2, 0.25) is 5.95 Å². The van der Waals surface area contributed by atoms with Crippen LogP contribution in [0.15, 0.2) is 6.07 Å². The summed E-state index contributed by atoms with van der Waals surface area (Å²) in [5, 5.41) is 6.75. The number of morpholine rings is 1. The van der Waals surface area contributed by atoms with Crippen LogP contribution in [-0.2, 0) is 9.47 Å². The van der Waals surface area contributed by atoms with Crippen molar-refractivity contribution in [1.29, 1.82) is 0 Å². The number of thiocarbonyl (C=S) groups is 1. The number of anilines is 3. The van der Waals surface area contributed by atoms with Gasteiger partial charge in [0.25, 0.3) is 0 Å². The van der Waals surface area contributed by atoms with E-state index in [-0.39, 0.29) is 0 Å². The zero-order valence-corrected chi connectivity index (χ0v) is 17.9. The van der Waals surface area contributed by atoms with Crippen molar-refractivity contribution in [2.45, 2.75) is 20.3 Å². The van der Waals surface area contributed by atoms with Gasteiger partial charge in [-0.25, -0.2) is 0 Å². The Hall–Kier alpha value is -1.71. The number of piperidine rings is 1.